The maximum absolute atomic E-state index is 12.7. The smallest absolute Gasteiger partial charge is 0.278 e. The monoisotopic (exact) mass is 378 g/mol. The summed E-state index contributed by atoms with van der Waals surface area (Å²) in [6, 6.07) is 7.97. The standard InChI is InChI=1S/C19H26N4O2.ClH/c1-13(2)15-3-5-16(6-4-15)23-12-17(24)18(21-23)19(25)22-9-7-14(11-20)8-10-22;/h3-6,12-14,24H,7-11,20H2,1-2H3;1H. The molecule has 0 unspecified atom stereocenters. The summed E-state index contributed by atoms with van der Waals surface area (Å²) >= 11 is 0. The molecular formula is C19H27ClN4O2. The molecule has 0 spiro atoms. The molecular weight excluding hydrogens is 352 g/mol. The molecule has 26 heavy (non-hydrogen) atoms. The molecule has 0 radical (unpaired) electrons. The van der Waals surface area contributed by atoms with Gasteiger partial charge in [0, 0.05) is 13.1 Å². The molecule has 1 aliphatic rings. The highest BCUT2D eigenvalue weighted by Gasteiger charge is 2.27. The van der Waals surface area contributed by atoms with Crippen LogP contribution in [0.1, 0.15) is 48.7 Å². The Bertz CT molecular complexity index is 734. The van der Waals surface area contributed by atoms with E-state index in [-0.39, 0.29) is 29.8 Å². The third-order valence-electron chi connectivity index (χ3n) is 4.96. The van der Waals surface area contributed by atoms with Gasteiger partial charge in [0.15, 0.2) is 11.4 Å². The van der Waals surface area contributed by atoms with Gasteiger partial charge in [0.05, 0.1) is 11.9 Å². The topological polar surface area (TPSA) is 84.4 Å². The largest absolute Gasteiger partial charge is 0.504 e. The summed E-state index contributed by atoms with van der Waals surface area (Å²) in [4.78, 5) is 14.4. The molecule has 1 aromatic heterocycles. The lowest BCUT2D eigenvalue weighted by Crippen LogP contribution is -2.40. The van der Waals surface area contributed by atoms with E-state index in [0.717, 1.165) is 18.5 Å². The Morgan fingerprint density at radius 1 is 1.27 bits per heavy atom. The molecule has 6 nitrogen and oxygen atoms in total. The lowest BCUT2D eigenvalue weighted by molar-refractivity contribution is 0.0684. The quantitative estimate of drug-likeness (QED) is 0.856. The minimum atomic E-state index is -0.217. The number of carbonyl (C=O) groups is 1. The van der Waals surface area contributed by atoms with Crippen molar-refractivity contribution in [2.75, 3.05) is 19.6 Å². The Hall–Kier alpha value is -2.05. The van der Waals surface area contributed by atoms with E-state index in [1.807, 2.05) is 24.3 Å². The number of hydrogen-bond acceptors (Lipinski definition) is 4. The van der Waals surface area contributed by atoms with E-state index in [0.29, 0.717) is 31.5 Å². The number of benzene rings is 1. The number of carbonyl (C=O) groups excluding carboxylic acids is 1. The highest BCUT2D eigenvalue weighted by Crippen LogP contribution is 2.24. The van der Waals surface area contributed by atoms with Crippen molar-refractivity contribution in [3.05, 3.63) is 41.7 Å². The van der Waals surface area contributed by atoms with E-state index < -0.39 is 0 Å². The number of hydrogen-bond donors (Lipinski definition) is 2. The van der Waals surface area contributed by atoms with Crippen LogP contribution in [0, 0.1) is 5.92 Å². The first-order chi connectivity index (χ1) is 12.0. The molecule has 1 aliphatic heterocycles. The summed E-state index contributed by atoms with van der Waals surface area (Å²) in [6.45, 7) is 6.26. The number of amides is 1. The van der Waals surface area contributed by atoms with Crippen molar-refractivity contribution in [1.29, 1.82) is 0 Å². The van der Waals surface area contributed by atoms with Gasteiger partial charge in [-0.3, -0.25) is 4.79 Å². The van der Waals surface area contributed by atoms with Crippen LogP contribution in [-0.2, 0) is 0 Å². The fourth-order valence-electron chi connectivity index (χ4n) is 3.18. The fourth-order valence-corrected chi connectivity index (χ4v) is 3.18. The zero-order chi connectivity index (χ0) is 18.0. The molecule has 1 saturated heterocycles. The van der Waals surface area contributed by atoms with Gasteiger partial charge in [0.1, 0.15) is 0 Å². The van der Waals surface area contributed by atoms with Crippen LogP contribution < -0.4 is 5.73 Å². The molecule has 1 amide bonds. The summed E-state index contributed by atoms with van der Waals surface area (Å²) in [5.74, 6) is 0.632. The van der Waals surface area contributed by atoms with E-state index in [2.05, 4.69) is 18.9 Å². The number of likely N-dealkylation sites (tertiary alicyclic amines) is 1. The maximum Gasteiger partial charge on any atom is 0.278 e. The third kappa shape index (κ3) is 4.19. The molecule has 1 aromatic carbocycles. The van der Waals surface area contributed by atoms with E-state index in [1.54, 1.807) is 9.58 Å². The normalized spacial score (nSPS) is 15.2. The Morgan fingerprint density at radius 2 is 1.88 bits per heavy atom. The SMILES string of the molecule is CC(C)c1ccc(-n2cc(O)c(C(=O)N3CCC(CN)CC3)n2)cc1.Cl. The second-order valence-corrected chi connectivity index (χ2v) is 7.03. The van der Waals surface area contributed by atoms with Crippen molar-refractivity contribution in [3.63, 3.8) is 0 Å². The van der Waals surface area contributed by atoms with Gasteiger partial charge in [-0.25, -0.2) is 4.68 Å². The van der Waals surface area contributed by atoms with Gasteiger partial charge in [-0.1, -0.05) is 26.0 Å². The Kier molecular flexibility index (Phi) is 6.67. The van der Waals surface area contributed by atoms with Crippen LogP contribution in [0.15, 0.2) is 30.5 Å². The van der Waals surface area contributed by atoms with Crippen molar-refractivity contribution in [2.45, 2.75) is 32.6 Å². The van der Waals surface area contributed by atoms with Crippen LogP contribution in [-0.4, -0.2) is 45.3 Å². The molecule has 2 heterocycles. The minimum Gasteiger partial charge on any atom is -0.504 e. The number of piperidine rings is 1. The number of rotatable bonds is 4. The highest BCUT2D eigenvalue weighted by molar-refractivity contribution is 5.94. The van der Waals surface area contributed by atoms with E-state index in [1.165, 1.54) is 11.8 Å². The van der Waals surface area contributed by atoms with Crippen molar-refractivity contribution in [2.24, 2.45) is 11.7 Å². The molecule has 7 heteroatoms. The minimum absolute atomic E-state index is 0. The van der Waals surface area contributed by atoms with Gasteiger partial charge in [-0.2, -0.15) is 5.10 Å². The van der Waals surface area contributed by atoms with Crippen LogP contribution in [0.4, 0.5) is 0 Å². The van der Waals surface area contributed by atoms with Gasteiger partial charge >= 0.3 is 0 Å². The van der Waals surface area contributed by atoms with Crippen molar-refractivity contribution in [3.8, 4) is 11.4 Å². The molecule has 0 saturated carbocycles. The first kappa shape index (κ1) is 20.3. The summed E-state index contributed by atoms with van der Waals surface area (Å²) in [5, 5.41) is 14.5. The second kappa shape index (κ2) is 8.56. The molecule has 142 valence electrons. The molecule has 2 aromatic rings. The Morgan fingerprint density at radius 3 is 2.42 bits per heavy atom. The zero-order valence-corrected chi connectivity index (χ0v) is 16.1. The predicted molar refractivity (Wildman–Crippen MR) is 104 cm³/mol. The van der Waals surface area contributed by atoms with Gasteiger partial charge in [-0.15, -0.1) is 12.4 Å². The lowest BCUT2D eigenvalue weighted by atomic mass is 9.97. The average Bonchev–Trinajstić information content (AvgIpc) is 3.03. The van der Waals surface area contributed by atoms with Crippen molar-refractivity contribution >= 4 is 18.3 Å². The number of nitrogens with zero attached hydrogens (tertiary/aromatic N) is 3. The maximum atomic E-state index is 12.7. The lowest BCUT2D eigenvalue weighted by Gasteiger charge is -2.30. The van der Waals surface area contributed by atoms with Gasteiger partial charge in [-0.05, 0) is 48.9 Å². The molecule has 0 bridgehead atoms. The predicted octanol–water partition coefficient (Wildman–Crippen LogP) is 2.93. The van der Waals surface area contributed by atoms with Gasteiger partial charge < -0.3 is 15.7 Å². The highest BCUT2D eigenvalue weighted by atomic mass is 35.5. The van der Waals surface area contributed by atoms with E-state index in [4.69, 9.17) is 5.73 Å². The Labute approximate surface area is 160 Å². The van der Waals surface area contributed by atoms with Gasteiger partial charge in [0.2, 0.25) is 0 Å². The molecule has 0 atom stereocenters. The van der Waals surface area contributed by atoms with Crippen LogP contribution in [0.2, 0.25) is 0 Å². The molecule has 0 aliphatic carbocycles. The first-order valence-corrected chi connectivity index (χ1v) is 8.88. The summed E-state index contributed by atoms with van der Waals surface area (Å²) < 4.78 is 1.55. The summed E-state index contributed by atoms with van der Waals surface area (Å²) in [5.41, 5.74) is 7.86. The number of nitrogens with two attached hydrogens (primary N) is 1. The third-order valence-corrected chi connectivity index (χ3v) is 4.96. The average molecular weight is 379 g/mol. The van der Waals surface area contributed by atoms with Crippen LogP contribution >= 0.6 is 12.4 Å². The zero-order valence-electron chi connectivity index (χ0n) is 15.3. The number of aromatic hydroxyl groups is 1. The summed E-state index contributed by atoms with van der Waals surface area (Å²) in [6.07, 6.45) is 3.30. The summed E-state index contributed by atoms with van der Waals surface area (Å²) in [7, 11) is 0. The number of halogens is 1. The fraction of sp³-hybridized carbons (Fsp3) is 0.474. The first-order valence-electron chi connectivity index (χ1n) is 8.88. The second-order valence-electron chi connectivity index (χ2n) is 7.03. The van der Waals surface area contributed by atoms with E-state index in [9.17, 15) is 9.90 Å². The van der Waals surface area contributed by atoms with Crippen LogP contribution in [0.5, 0.6) is 5.75 Å². The van der Waals surface area contributed by atoms with Crippen LogP contribution in [0.25, 0.3) is 5.69 Å². The van der Waals surface area contributed by atoms with E-state index >= 15 is 0 Å². The molecule has 3 rings (SSSR count). The molecule has 3 N–H and O–H groups in total. The van der Waals surface area contributed by atoms with Crippen molar-refractivity contribution < 1.29 is 9.90 Å². The van der Waals surface area contributed by atoms with Crippen LogP contribution in [0.3, 0.4) is 0 Å². The van der Waals surface area contributed by atoms with Gasteiger partial charge in [0.25, 0.3) is 5.91 Å². The number of aromatic nitrogens is 2. The van der Waals surface area contributed by atoms with Crippen molar-refractivity contribution in [1.82, 2.24) is 14.7 Å². The molecule has 1 fully saturated rings. The Balaban J connectivity index is 0.00000243.